The van der Waals surface area contributed by atoms with Crippen molar-refractivity contribution in [3.8, 4) is 11.3 Å². The third kappa shape index (κ3) is 4.00. The van der Waals surface area contributed by atoms with Crippen LogP contribution < -0.4 is 5.32 Å². The van der Waals surface area contributed by atoms with Gasteiger partial charge in [-0.1, -0.05) is 23.7 Å². The van der Waals surface area contributed by atoms with E-state index in [0.29, 0.717) is 28.8 Å². The van der Waals surface area contributed by atoms with Crippen molar-refractivity contribution in [3.63, 3.8) is 0 Å². The van der Waals surface area contributed by atoms with Crippen molar-refractivity contribution in [2.75, 3.05) is 5.32 Å². The molecule has 6 heteroatoms. The summed E-state index contributed by atoms with van der Waals surface area (Å²) in [6.07, 6.45) is 2.16. The van der Waals surface area contributed by atoms with Crippen LogP contribution in [-0.2, 0) is 11.2 Å². The minimum absolute atomic E-state index is 0.195. The summed E-state index contributed by atoms with van der Waals surface area (Å²) in [5.74, 6) is 0.479. The SMILES string of the molecule is O=C(CCc1ncc(-c2ccccc2Cl)o1)Nc1ccc(F)cc1. The minimum atomic E-state index is -0.347. The normalized spacial score (nSPS) is 10.6. The number of halogens is 2. The van der Waals surface area contributed by atoms with Gasteiger partial charge in [0.2, 0.25) is 5.91 Å². The van der Waals surface area contributed by atoms with Crippen LogP contribution in [0.25, 0.3) is 11.3 Å². The standard InChI is InChI=1S/C18H14ClFN2O2/c19-15-4-2-1-3-14(15)16-11-21-18(24-16)10-9-17(23)22-13-7-5-12(20)6-8-13/h1-8,11H,9-10H2,(H,22,23). The number of aryl methyl sites for hydroxylation is 1. The van der Waals surface area contributed by atoms with Crippen molar-refractivity contribution in [2.45, 2.75) is 12.8 Å². The van der Waals surface area contributed by atoms with Gasteiger partial charge in [0.25, 0.3) is 0 Å². The minimum Gasteiger partial charge on any atom is -0.441 e. The molecular weight excluding hydrogens is 331 g/mol. The first kappa shape index (κ1) is 16.2. The van der Waals surface area contributed by atoms with E-state index in [1.165, 1.54) is 24.3 Å². The molecule has 122 valence electrons. The van der Waals surface area contributed by atoms with E-state index in [1.54, 1.807) is 12.3 Å². The highest BCUT2D eigenvalue weighted by molar-refractivity contribution is 6.33. The molecular formula is C18H14ClFN2O2. The van der Waals surface area contributed by atoms with E-state index >= 15 is 0 Å². The van der Waals surface area contributed by atoms with Crippen molar-refractivity contribution in [1.82, 2.24) is 4.98 Å². The van der Waals surface area contributed by atoms with Crippen LogP contribution in [0, 0.1) is 5.82 Å². The highest BCUT2D eigenvalue weighted by Gasteiger charge is 2.11. The Morgan fingerprint density at radius 3 is 2.67 bits per heavy atom. The molecule has 0 unspecified atom stereocenters. The number of rotatable bonds is 5. The van der Waals surface area contributed by atoms with Crippen LogP contribution in [0.4, 0.5) is 10.1 Å². The molecule has 0 bridgehead atoms. The third-order valence-corrected chi connectivity index (χ3v) is 3.72. The first-order valence-electron chi connectivity index (χ1n) is 7.37. The van der Waals surface area contributed by atoms with E-state index in [-0.39, 0.29) is 18.1 Å². The number of hydrogen-bond donors (Lipinski definition) is 1. The van der Waals surface area contributed by atoms with Crippen LogP contribution >= 0.6 is 11.6 Å². The maximum absolute atomic E-state index is 12.8. The molecule has 2 aromatic carbocycles. The van der Waals surface area contributed by atoms with Gasteiger partial charge in [-0.2, -0.15) is 0 Å². The molecule has 1 N–H and O–H groups in total. The van der Waals surface area contributed by atoms with Crippen LogP contribution in [0.5, 0.6) is 0 Å². The second-order valence-corrected chi connectivity index (χ2v) is 5.56. The third-order valence-electron chi connectivity index (χ3n) is 3.39. The molecule has 3 aromatic rings. The Morgan fingerprint density at radius 1 is 1.17 bits per heavy atom. The molecule has 0 radical (unpaired) electrons. The van der Waals surface area contributed by atoms with E-state index in [0.717, 1.165) is 5.56 Å². The van der Waals surface area contributed by atoms with Gasteiger partial charge in [-0.15, -0.1) is 0 Å². The number of amides is 1. The molecule has 0 fully saturated rings. The zero-order chi connectivity index (χ0) is 16.9. The largest absolute Gasteiger partial charge is 0.441 e. The molecule has 4 nitrogen and oxygen atoms in total. The van der Waals surface area contributed by atoms with Gasteiger partial charge < -0.3 is 9.73 Å². The number of carbonyl (C=O) groups excluding carboxylic acids is 1. The molecule has 1 amide bonds. The van der Waals surface area contributed by atoms with Gasteiger partial charge in [0, 0.05) is 24.1 Å². The van der Waals surface area contributed by atoms with Crippen LogP contribution in [0.2, 0.25) is 5.02 Å². The topological polar surface area (TPSA) is 55.1 Å². The molecule has 0 aliphatic carbocycles. The van der Waals surface area contributed by atoms with Gasteiger partial charge in [0.05, 0.1) is 11.2 Å². The Hall–Kier alpha value is -2.66. The van der Waals surface area contributed by atoms with E-state index in [2.05, 4.69) is 10.3 Å². The van der Waals surface area contributed by atoms with Gasteiger partial charge in [-0.25, -0.2) is 9.37 Å². The Kier molecular flexibility index (Phi) is 4.91. The molecule has 0 saturated carbocycles. The summed E-state index contributed by atoms with van der Waals surface area (Å²) in [5, 5.41) is 3.27. The molecule has 1 aromatic heterocycles. The lowest BCUT2D eigenvalue weighted by Gasteiger charge is -2.04. The van der Waals surface area contributed by atoms with Crippen molar-refractivity contribution in [2.24, 2.45) is 0 Å². The van der Waals surface area contributed by atoms with Crippen LogP contribution in [0.3, 0.4) is 0 Å². The fourth-order valence-corrected chi connectivity index (χ4v) is 2.42. The van der Waals surface area contributed by atoms with E-state index in [1.807, 2.05) is 18.2 Å². The average Bonchev–Trinajstić information content (AvgIpc) is 3.04. The summed E-state index contributed by atoms with van der Waals surface area (Å²) in [5.41, 5.74) is 1.30. The predicted octanol–water partition coefficient (Wildman–Crippen LogP) is 4.71. The maximum atomic E-state index is 12.8. The highest BCUT2D eigenvalue weighted by atomic mass is 35.5. The van der Waals surface area contributed by atoms with Crippen LogP contribution in [0.1, 0.15) is 12.3 Å². The Labute approximate surface area is 143 Å². The molecule has 0 spiro atoms. The average molecular weight is 345 g/mol. The lowest BCUT2D eigenvalue weighted by molar-refractivity contribution is -0.116. The van der Waals surface area contributed by atoms with Crippen molar-refractivity contribution in [3.05, 3.63) is 71.5 Å². The zero-order valence-electron chi connectivity index (χ0n) is 12.6. The maximum Gasteiger partial charge on any atom is 0.224 e. The van der Waals surface area contributed by atoms with Crippen molar-refractivity contribution < 1.29 is 13.6 Å². The first-order chi connectivity index (χ1) is 11.6. The summed E-state index contributed by atoms with van der Waals surface area (Å²) in [4.78, 5) is 16.1. The fraction of sp³-hybridized carbons (Fsp3) is 0.111. The summed E-state index contributed by atoms with van der Waals surface area (Å²) >= 11 is 6.12. The number of benzene rings is 2. The predicted molar refractivity (Wildman–Crippen MR) is 90.3 cm³/mol. The fourth-order valence-electron chi connectivity index (χ4n) is 2.19. The van der Waals surface area contributed by atoms with Crippen LogP contribution in [0.15, 0.2) is 59.1 Å². The number of hydrogen-bond acceptors (Lipinski definition) is 3. The van der Waals surface area contributed by atoms with Gasteiger partial charge in [-0.3, -0.25) is 4.79 Å². The Morgan fingerprint density at radius 2 is 1.92 bits per heavy atom. The number of carbonyl (C=O) groups is 1. The summed E-state index contributed by atoms with van der Waals surface area (Å²) < 4.78 is 18.5. The molecule has 0 atom stereocenters. The molecule has 0 saturated heterocycles. The quantitative estimate of drug-likeness (QED) is 0.729. The van der Waals surface area contributed by atoms with Gasteiger partial charge >= 0.3 is 0 Å². The van der Waals surface area contributed by atoms with Gasteiger partial charge in [-0.05, 0) is 36.4 Å². The molecule has 1 heterocycles. The van der Waals surface area contributed by atoms with E-state index in [4.69, 9.17) is 16.0 Å². The number of nitrogens with one attached hydrogen (secondary N) is 1. The lowest BCUT2D eigenvalue weighted by Crippen LogP contribution is -2.12. The second kappa shape index (κ2) is 7.27. The first-order valence-corrected chi connectivity index (χ1v) is 7.74. The van der Waals surface area contributed by atoms with Crippen LogP contribution in [-0.4, -0.2) is 10.9 Å². The molecule has 3 rings (SSSR count). The lowest BCUT2D eigenvalue weighted by atomic mass is 10.2. The van der Waals surface area contributed by atoms with Gasteiger partial charge in [0.15, 0.2) is 11.7 Å². The van der Waals surface area contributed by atoms with E-state index in [9.17, 15) is 9.18 Å². The highest BCUT2D eigenvalue weighted by Crippen LogP contribution is 2.28. The number of nitrogens with zero attached hydrogens (tertiary/aromatic N) is 1. The Balaban J connectivity index is 1.58. The van der Waals surface area contributed by atoms with Gasteiger partial charge in [0.1, 0.15) is 5.82 Å². The summed E-state index contributed by atoms with van der Waals surface area (Å²) in [6.45, 7) is 0. The number of oxazole rings is 1. The Bertz CT molecular complexity index is 846. The van der Waals surface area contributed by atoms with Crippen molar-refractivity contribution in [1.29, 1.82) is 0 Å². The van der Waals surface area contributed by atoms with Crippen molar-refractivity contribution >= 4 is 23.2 Å². The second-order valence-electron chi connectivity index (χ2n) is 5.15. The number of anilines is 1. The molecule has 0 aliphatic rings. The molecule has 0 aliphatic heterocycles. The summed E-state index contributed by atoms with van der Waals surface area (Å²) in [6, 6.07) is 12.9. The summed E-state index contributed by atoms with van der Waals surface area (Å²) in [7, 11) is 0. The number of aromatic nitrogens is 1. The smallest absolute Gasteiger partial charge is 0.224 e. The zero-order valence-corrected chi connectivity index (χ0v) is 13.4. The van der Waals surface area contributed by atoms with E-state index < -0.39 is 0 Å². The molecule has 24 heavy (non-hydrogen) atoms. The monoisotopic (exact) mass is 344 g/mol.